The zero-order valence-electron chi connectivity index (χ0n) is 24.1. The predicted octanol–water partition coefficient (Wildman–Crippen LogP) is 1.59. The van der Waals surface area contributed by atoms with E-state index in [0.717, 1.165) is 0 Å². The number of fused-ring (bicyclic) bond motifs is 1. The lowest BCUT2D eigenvalue weighted by Gasteiger charge is -2.27. The Bertz CT molecular complexity index is 1580. The number of anilines is 1. The number of rotatable bonds is 12. The fourth-order valence-electron chi connectivity index (χ4n) is 4.39. The summed E-state index contributed by atoms with van der Waals surface area (Å²) >= 11 is 0. The monoisotopic (exact) mass is 594 g/mol. The van der Waals surface area contributed by atoms with Crippen LogP contribution in [0.2, 0.25) is 0 Å². The molecule has 0 radical (unpaired) electrons. The number of phenols is 1. The molecule has 2 aromatic carbocycles. The van der Waals surface area contributed by atoms with Crippen molar-refractivity contribution in [1.29, 1.82) is 0 Å². The summed E-state index contributed by atoms with van der Waals surface area (Å²) in [4.78, 5) is 74.7. The van der Waals surface area contributed by atoms with Crippen LogP contribution < -0.4 is 26.9 Å². The van der Waals surface area contributed by atoms with Crippen LogP contribution in [0, 0.1) is 12.8 Å². The van der Waals surface area contributed by atoms with Gasteiger partial charge in [0.1, 0.15) is 29.5 Å². The number of aromatic hydroxyl groups is 1. The maximum Gasteiger partial charge on any atom is 0.336 e. The molecule has 0 saturated carbocycles. The van der Waals surface area contributed by atoms with Gasteiger partial charge in [0.25, 0.3) is 0 Å². The van der Waals surface area contributed by atoms with Gasteiger partial charge in [-0.1, -0.05) is 26.0 Å². The number of phenolic OH excluding ortho intramolecular Hbond substituents is 1. The number of aryl methyl sites for hydroxylation is 1. The largest absolute Gasteiger partial charge is 0.508 e. The smallest absolute Gasteiger partial charge is 0.336 e. The van der Waals surface area contributed by atoms with Crippen LogP contribution in [0.25, 0.3) is 11.0 Å². The standard InChI is InChI=1S/C30H34N4O9/c1-15(2)27(34-29(41)22(31-17(4)35)12-18-5-8-20(36)9-6-18)30(42)33-23(14-25(37)38)28(40)32-19-7-10-21-16(3)11-26(39)43-24(21)13-19/h5-11,13,15,22-23,27,36H,12,14H2,1-4H3,(H,31,35)(H,32,40)(H,33,42)(H,34,41)(H,37,38)/t22-,23-,27-/m0/s1. The van der Waals surface area contributed by atoms with E-state index in [9.17, 15) is 39.0 Å². The van der Waals surface area contributed by atoms with Crippen molar-refractivity contribution in [3.05, 3.63) is 70.1 Å². The summed E-state index contributed by atoms with van der Waals surface area (Å²) in [7, 11) is 0. The summed E-state index contributed by atoms with van der Waals surface area (Å²) in [6.07, 6.45) is -0.693. The van der Waals surface area contributed by atoms with Gasteiger partial charge in [-0.15, -0.1) is 0 Å². The Morgan fingerprint density at radius 2 is 1.53 bits per heavy atom. The number of aliphatic carboxylic acids is 1. The van der Waals surface area contributed by atoms with Crippen molar-refractivity contribution in [2.24, 2.45) is 5.92 Å². The second kappa shape index (κ2) is 14.1. The van der Waals surface area contributed by atoms with Crippen molar-refractivity contribution in [3.63, 3.8) is 0 Å². The molecule has 0 fully saturated rings. The topological polar surface area (TPSA) is 204 Å². The Kier molecular flexibility index (Phi) is 10.6. The average Bonchev–Trinajstić information content (AvgIpc) is 2.91. The summed E-state index contributed by atoms with van der Waals surface area (Å²) in [5.74, 6) is -4.63. The van der Waals surface area contributed by atoms with Crippen LogP contribution in [0.5, 0.6) is 5.75 Å². The lowest BCUT2D eigenvalue weighted by molar-refractivity contribution is -0.140. The van der Waals surface area contributed by atoms with Crippen molar-refractivity contribution in [1.82, 2.24) is 16.0 Å². The molecule has 13 nitrogen and oxygen atoms in total. The van der Waals surface area contributed by atoms with Gasteiger partial charge in [0, 0.05) is 36.6 Å². The van der Waals surface area contributed by atoms with Crippen molar-refractivity contribution in [2.75, 3.05) is 5.32 Å². The molecule has 0 aliphatic heterocycles. The number of carbonyl (C=O) groups is 5. The van der Waals surface area contributed by atoms with Crippen LogP contribution in [0.1, 0.15) is 38.3 Å². The Morgan fingerprint density at radius 1 is 0.860 bits per heavy atom. The van der Waals surface area contributed by atoms with E-state index in [0.29, 0.717) is 16.5 Å². The third-order valence-corrected chi connectivity index (χ3v) is 6.55. The number of nitrogens with one attached hydrogen (secondary N) is 4. The van der Waals surface area contributed by atoms with Crippen LogP contribution in [0.15, 0.2) is 57.7 Å². The third-order valence-electron chi connectivity index (χ3n) is 6.55. The number of hydrogen-bond donors (Lipinski definition) is 6. The van der Waals surface area contributed by atoms with E-state index in [2.05, 4.69) is 21.3 Å². The maximum absolute atomic E-state index is 13.3. The summed E-state index contributed by atoms with van der Waals surface area (Å²) in [5.41, 5.74) is 1.15. The molecule has 0 bridgehead atoms. The zero-order valence-corrected chi connectivity index (χ0v) is 24.1. The second-order valence-electron chi connectivity index (χ2n) is 10.5. The van der Waals surface area contributed by atoms with Gasteiger partial charge in [0.2, 0.25) is 23.6 Å². The van der Waals surface area contributed by atoms with Gasteiger partial charge in [-0.05, 0) is 48.2 Å². The molecule has 3 aromatic rings. The first kappa shape index (κ1) is 32.3. The summed E-state index contributed by atoms with van der Waals surface area (Å²) in [6, 6.07) is 8.18. The van der Waals surface area contributed by atoms with E-state index < -0.39 is 65.7 Å². The van der Waals surface area contributed by atoms with Gasteiger partial charge in [-0.3, -0.25) is 24.0 Å². The van der Waals surface area contributed by atoms with Gasteiger partial charge >= 0.3 is 11.6 Å². The van der Waals surface area contributed by atoms with E-state index in [-0.39, 0.29) is 23.4 Å². The van der Waals surface area contributed by atoms with Gasteiger partial charge in [0.15, 0.2) is 0 Å². The third kappa shape index (κ3) is 9.15. The molecule has 3 atom stereocenters. The summed E-state index contributed by atoms with van der Waals surface area (Å²) in [5, 5.41) is 29.7. The molecule has 228 valence electrons. The van der Waals surface area contributed by atoms with Crippen LogP contribution in [-0.2, 0) is 30.4 Å². The molecule has 43 heavy (non-hydrogen) atoms. The van der Waals surface area contributed by atoms with E-state index in [1.807, 2.05) is 0 Å². The molecule has 13 heteroatoms. The number of hydrogen-bond acceptors (Lipinski definition) is 8. The number of carboxylic acids is 1. The summed E-state index contributed by atoms with van der Waals surface area (Å²) in [6.45, 7) is 6.26. The highest BCUT2D eigenvalue weighted by atomic mass is 16.4. The number of carbonyl (C=O) groups excluding carboxylic acids is 4. The van der Waals surface area contributed by atoms with Crippen molar-refractivity contribution >= 4 is 46.3 Å². The van der Waals surface area contributed by atoms with E-state index in [1.165, 1.54) is 31.2 Å². The molecule has 1 aromatic heterocycles. The Hall–Kier alpha value is -5.20. The Morgan fingerprint density at radius 3 is 2.14 bits per heavy atom. The normalized spacial score (nSPS) is 13.0. The van der Waals surface area contributed by atoms with Gasteiger partial charge < -0.3 is 35.9 Å². The highest BCUT2D eigenvalue weighted by Crippen LogP contribution is 2.21. The lowest BCUT2D eigenvalue weighted by atomic mass is 10.00. The fourth-order valence-corrected chi connectivity index (χ4v) is 4.39. The first-order valence-electron chi connectivity index (χ1n) is 13.5. The first-order valence-corrected chi connectivity index (χ1v) is 13.5. The minimum atomic E-state index is -1.52. The van der Waals surface area contributed by atoms with Gasteiger partial charge in [-0.2, -0.15) is 0 Å². The number of benzene rings is 2. The van der Waals surface area contributed by atoms with E-state index in [1.54, 1.807) is 45.0 Å². The first-order chi connectivity index (χ1) is 20.2. The number of amides is 4. The SMILES string of the molecule is CC(=O)N[C@@H](Cc1ccc(O)cc1)C(=O)N[C@H](C(=O)N[C@@H](CC(=O)O)C(=O)Nc1ccc2c(C)cc(=O)oc2c1)C(C)C. The lowest BCUT2D eigenvalue weighted by Crippen LogP contribution is -2.58. The molecule has 6 N–H and O–H groups in total. The Balaban J connectivity index is 1.77. The van der Waals surface area contributed by atoms with Crippen molar-refractivity contribution < 1.29 is 38.6 Å². The molecule has 0 aliphatic carbocycles. The highest BCUT2D eigenvalue weighted by molar-refractivity contribution is 6.01. The summed E-state index contributed by atoms with van der Waals surface area (Å²) < 4.78 is 5.19. The van der Waals surface area contributed by atoms with Crippen molar-refractivity contribution in [2.45, 2.75) is 58.7 Å². The van der Waals surface area contributed by atoms with Crippen LogP contribution in [0.4, 0.5) is 5.69 Å². The predicted molar refractivity (Wildman–Crippen MR) is 156 cm³/mol. The van der Waals surface area contributed by atoms with Crippen LogP contribution >= 0.6 is 0 Å². The fraction of sp³-hybridized carbons (Fsp3) is 0.333. The molecule has 0 aliphatic rings. The van der Waals surface area contributed by atoms with Crippen LogP contribution in [0.3, 0.4) is 0 Å². The van der Waals surface area contributed by atoms with E-state index >= 15 is 0 Å². The quantitative estimate of drug-likeness (QED) is 0.168. The molecular formula is C30H34N4O9. The molecule has 1 heterocycles. The van der Waals surface area contributed by atoms with E-state index in [4.69, 9.17) is 4.42 Å². The average molecular weight is 595 g/mol. The molecule has 0 saturated heterocycles. The maximum atomic E-state index is 13.3. The highest BCUT2D eigenvalue weighted by Gasteiger charge is 2.32. The van der Waals surface area contributed by atoms with Gasteiger partial charge in [-0.25, -0.2) is 4.79 Å². The van der Waals surface area contributed by atoms with Crippen LogP contribution in [-0.4, -0.2) is 57.9 Å². The molecule has 0 unspecified atom stereocenters. The minimum Gasteiger partial charge on any atom is -0.508 e. The molecule has 3 rings (SSSR count). The van der Waals surface area contributed by atoms with Crippen molar-refractivity contribution in [3.8, 4) is 5.75 Å². The Labute approximate surface area is 246 Å². The molecule has 0 spiro atoms. The molecule has 4 amide bonds. The van der Waals surface area contributed by atoms with Gasteiger partial charge in [0.05, 0.1) is 6.42 Å². The second-order valence-corrected chi connectivity index (χ2v) is 10.5. The zero-order chi connectivity index (χ0) is 31.8. The molecular weight excluding hydrogens is 560 g/mol. The minimum absolute atomic E-state index is 0.0306. The number of carboxylic acid groups (broad SMARTS) is 1.